The molecule has 0 nitrogen and oxygen atoms in total. The van der Waals surface area contributed by atoms with E-state index in [0.717, 1.165) is 11.3 Å². The van der Waals surface area contributed by atoms with Crippen molar-refractivity contribution in [2.24, 2.45) is 0 Å². The van der Waals surface area contributed by atoms with E-state index >= 15 is 0 Å². The molecule has 0 aromatic heterocycles. The summed E-state index contributed by atoms with van der Waals surface area (Å²) >= 11 is 4.25. The van der Waals surface area contributed by atoms with Crippen LogP contribution >= 0.6 is 12.6 Å². The topological polar surface area (TPSA) is 0 Å². The standard InChI is InChI=1S/C8H14S/c1-3-5-7-8(9)6-4-2/h3,5,7,9H,4,6H2,1-2H3/b5-3-,8-7-. The zero-order valence-electron chi connectivity index (χ0n) is 6.09. The highest BCUT2D eigenvalue weighted by atomic mass is 32.1. The van der Waals surface area contributed by atoms with Crippen LogP contribution in [0.3, 0.4) is 0 Å². The molecule has 0 saturated carbocycles. The minimum absolute atomic E-state index is 1.09. The summed E-state index contributed by atoms with van der Waals surface area (Å²) in [6.07, 6.45) is 8.32. The molecule has 0 atom stereocenters. The molecule has 0 saturated heterocycles. The fourth-order valence-electron chi connectivity index (χ4n) is 0.547. The predicted octanol–water partition coefficient (Wildman–Crippen LogP) is 3.18. The van der Waals surface area contributed by atoms with E-state index in [1.165, 1.54) is 6.42 Å². The average molecular weight is 142 g/mol. The van der Waals surface area contributed by atoms with Gasteiger partial charge in [-0.05, 0) is 18.2 Å². The van der Waals surface area contributed by atoms with Gasteiger partial charge in [0.2, 0.25) is 0 Å². The molecule has 1 heteroatoms. The van der Waals surface area contributed by atoms with Crippen LogP contribution in [-0.4, -0.2) is 0 Å². The zero-order chi connectivity index (χ0) is 7.11. The summed E-state index contributed by atoms with van der Waals surface area (Å²) in [5, 5.41) is 0. The summed E-state index contributed by atoms with van der Waals surface area (Å²) in [7, 11) is 0. The lowest BCUT2D eigenvalue weighted by Gasteiger charge is -1.91. The van der Waals surface area contributed by atoms with Gasteiger partial charge in [0.1, 0.15) is 0 Å². The van der Waals surface area contributed by atoms with Crippen LogP contribution in [0.5, 0.6) is 0 Å². The Morgan fingerprint density at radius 3 is 2.67 bits per heavy atom. The monoisotopic (exact) mass is 142 g/mol. The highest BCUT2D eigenvalue weighted by molar-refractivity contribution is 7.84. The molecule has 0 aliphatic heterocycles. The van der Waals surface area contributed by atoms with E-state index in [2.05, 4.69) is 19.6 Å². The van der Waals surface area contributed by atoms with Crippen molar-refractivity contribution < 1.29 is 0 Å². The Hall–Kier alpha value is -0.170. The van der Waals surface area contributed by atoms with Gasteiger partial charge >= 0.3 is 0 Å². The van der Waals surface area contributed by atoms with Gasteiger partial charge in [0, 0.05) is 0 Å². The lowest BCUT2D eigenvalue weighted by Crippen LogP contribution is -1.68. The summed E-state index contributed by atoms with van der Waals surface area (Å²) < 4.78 is 0. The van der Waals surface area contributed by atoms with Crippen molar-refractivity contribution in [1.29, 1.82) is 0 Å². The smallest absolute Gasteiger partial charge is 0.0184 e. The van der Waals surface area contributed by atoms with Crippen LogP contribution in [0.2, 0.25) is 0 Å². The average Bonchev–Trinajstić information content (AvgIpc) is 1.85. The number of thiol groups is 1. The van der Waals surface area contributed by atoms with Gasteiger partial charge in [0.25, 0.3) is 0 Å². The van der Waals surface area contributed by atoms with Crippen molar-refractivity contribution in [2.75, 3.05) is 0 Å². The van der Waals surface area contributed by atoms with Gasteiger partial charge in [0.15, 0.2) is 0 Å². The van der Waals surface area contributed by atoms with Crippen LogP contribution in [0.1, 0.15) is 26.7 Å². The minimum atomic E-state index is 1.09. The van der Waals surface area contributed by atoms with Crippen molar-refractivity contribution in [1.82, 2.24) is 0 Å². The third-order valence-electron chi connectivity index (χ3n) is 0.987. The SMILES string of the molecule is C/C=C\C=C(/S)CCC. The quantitative estimate of drug-likeness (QED) is 0.454. The lowest BCUT2D eigenvalue weighted by molar-refractivity contribution is 0.949. The molecule has 0 aliphatic rings. The summed E-state index contributed by atoms with van der Waals surface area (Å²) in [5.74, 6) is 0. The fraction of sp³-hybridized carbons (Fsp3) is 0.500. The van der Waals surface area contributed by atoms with E-state index in [1.54, 1.807) is 0 Å². The first-order valence-corrected chi connectivity index (χ1v) is 3.76. The Morgan fingerprint density at radius 2 is 2.22 bits per heavy atom. The van der Waals surface area contributed by atoms with Crippen molar-refractivity contribution >= 4 is 12.6 Å². The van der Waals surface area contributed by atoms with Gasteiger partial charge in [-0.2, -0.15) is 0 Å². The van der Waals surface area contributed by atoms with Crippen molar-refractivity contribution in [3.05, 3.63) is 23.1 Å². The Kier molecular flexibility index (Phi) is 5.85. The van der Waals surface area contributed by atoms with E-state index in [9.17, 15) is 0 Å². The first-order chi connectivity index (χ1) is 4.31. The molecule has 0 aliphatic carbocycles. The van der Waals surface area contributed by atoms with Crippen molar-refractivity contribution in [3.63, 3.8) is 0 Å². The highest BCUT2D eigenvalue weighted by Gasteiger charge is 1.82. The summed E-state index contributed by atoms with van der Waals surface area (Å²) in [5.41, 5.74) is 0. The molecule has 0 unspecified atom stereocenters. The normalized spacial score (nSPS) is 13.0. The van der Waals surface area contributed by atoms with E-state index in [-0.39, 0.29) is 0 Å². The number of hydrogen-bond donors (Lipinski definition) is 1. The summed E-state index contributed by atoms with van der Waals surface area (Å²) in [4.78, 5) is 1.16. The molecular formula is C8H14S. The highest BCUT2D eigenvalue weighted by Crippen LogP contribution is 2.08. The van der Waals surface area contributed by atoms with Gasteiger partial charge < -0.3 is 0 Å². The molecule has 52 valence electrons. The first-order valence-electron chi connectivity index (χ1n) is 3.32. The molecular weight excluding hydrogens is 128 g/mol. The maximum Gasteiger partial charge on any atom is -0.0184 e. The maximum absolute atomic E-state index is 4.25. The van der Waals surface area contributed by atoms with Crippen LogP contribution in [-0.2, 0) is 0 Å². The van der Waals surface area contributed by atoms with E-state index in [1.807, 2.05) is 25.2 Å². The van der Waals surface area contributed by atoms with Gasteiger partial charge in [0.05, 0.1) is 0 Å². The second-order valence-electron chi connectivity index (χ2n) is 1.93. The van der Waals surface area contributed by atoms with Gasteiger partial charge in [-0.15, -0.1) is 12.6 Å². The van der Waals surface area contributed by atoms with Crippen molar-refractivity contribution in [2.45, 2.75) is 26.7 Å². The molecule has 0 spiro atoms. The number of hydrogen-bond acceptors (Lipinski definition) is 1. The number of allylic oxidation sites excluding steroid dienone is 4. The third kappa shape index (κ3) is 5.71. The first kappa shape index (κ1) is 8.83. The Labute approximate surface area is 63.1 Å². The van der Waals surface area contributed by atoms with Crippen LogP contribution in [0.25, 0.3) is 0 Å². The number of rotatable bonds is 3. The molecule has 0 bridgehead atoms. The maximum atomic E-state index is 4.25. The molecule has 0 amide bonds. The molecule has 0 rings (SSSR count). The van der Waals surface area contributed by atoms with Gasteiger partial charge in [-0.25, -0.2) is 0 Å². The minimum Gasteiger partial charge on any atom is -0.148 e. The molecule has 9 heavy (non-hydrogen) atoms. The van der Waals surface area contributed by atoms with Gasteiger partial charge in [-0.3, -0.25) is 0 Å². The molecule has 0 heterocycles. The van der Waals surface area contributed by atoms with Crippen LogP contribution < -0.4 is 0 Å². The Bertz CT molecular complexity index is 112. The lowest BCUT2D eigenvalue weighted by atomic mass is 10.3. The largest absolute Gasteiger partial charge is 0.148 e. The van der Waals surface area contributed by atoms with Crippen LogP contribution in [0, 0.1) is 0 Å². The predicted molar refractivity (Wildman–Crippen MR) is 46.8 cm³/mol. The van der Waals surface area contributed by atoms with E-state index < -0.39 is 0 Å². The second-order valence-corrected chi connectivity index (χ2v) is 2.51. The zero-order valence-corrected chi connectivity index (χ0v) is 6.99. The summed E-state index contributed by atoms with van der Waals surface area (Å²) in [6.45, 7) is 4.16. The fourth-order valence-corrected chi connectivity index (χ4v) is 0.856. The third-order valence-corrected chi connectivity index (χ3v) is 1.36. The molecule has 0 radical (unpaired) electrons. The Balaban J connectivity index is 3.55. The molecule has 0 aromatic carbocycles. The Morgan fingerprint density at radius 1 is 1.56 bits per heavy atom. The van der Waals surface area contributed by atoms with E-state index in [0.29, 0.717) is 0 Å². The van der Waals surface area contributed by atoms with E-state index in [4.69, 9.17) is 0 Å². The van der Waals surface area contributed by atoms with Gasteiger partial charge in [-0.1, -0.05) is 31.6 Å². The van der Waals surface area contributed by atoms with Crippen LogP contribution in [0.15, 0.2) is 23.1 Å². The molecule has 0 N–H and O–H groups in total. The summed E-state index contributed by atoms with van der Waals surface area (Å²) in [6, 6.07) is 0. The van der Waals surface area contributed by atoms with Crippen molar-refractivity contribution in [3.8, 4) is 0 Å². The molecule has 0 fully saturated rings. The second kappa shape index (κ2) is 5.96. The molecule has 0 aromatic rings. The van der Waals surface area contributed by atoms with Crippen LogP contribution in [0.4, 0.5) is 0 Å².